The molecule has 3 aromatic rings. The van der Waals surface area contributed by atoms with Gasteiger partial charge in [-0.1, -0.05) is 31.2 Å². The molecule has 2 heterocycles. The van der Waals surface area contributed by atoms with Crippen molar-refractivity contribution in [1.29, 1.82) is 0 Å². The Morgan fingerprint density at radius 1 is 1.48 bits per heavy atom. The normalized spacial score (nSPS) is 11.7. The van der Waals surface area contributed by atoms with E-state index in [1.54, 1.807) is 12.1 Å². The van der Waals surface area contributed by atoms with Crippen LogP contribution >= 0.6 is 0 Å². The van der Waals surface area contributed by atoms with Crippen molar-refractivity contribution in [2.24, 2.45) is 0 Å². The molecule has 0 radical (unpaired) electrons. The lowest BCUT2D eigenvalue weighted by Gasteiger charge is -2.15. The van der Waals surface area contributed by atoms with Gasteiger partial charge in [0, 0.05) is 18.1 Å². The lowest BCUT2D eigenvalue weighted by Crippen LogP contribution is -2.17. The topological polar surface area (TPSA) is 85.2 Å². The van der Waals surface area contributed by atoms with Gasteiger partial charge < -0.3 is 9.15 Å². The number of nitrogens with one attached hydrogen (secondary N) is 1. The average Bonchev–Trinajstić information content (AvgIpc) is 2.61. The Balaban J connectivity index is 2.05. The second-order valence-corrected chi connectivity index (χ2v) is 5.38. The number of aryl methyl sites for hydroxylation is 1. The molecule has 1 N–H and O–H groups in total. The molecule has 0 aliphatic heterocycles. The van der Waals surface area contributed by atoms with Crippen LogP contribution in [0, 0.1) is 12.1 Å². The number of H-pyrrole nitrogens is 1. The Bertz CT molecular complexity index is 1010. The molecular formula is C19H16N2O4. The van der Waals surface area contributed by atoms with E-state index < -0.39 is 17.3 Å². The van der Waals surface area contributed by atoms with Gasteiger partial charge >= 0.3 is 5.63 Å². The number of hydrogen-bond acceptors (Lipinski definition) is 5. The maximum Gasteiger partial charge on any atom is 0.337 e. The molecule has 0 saturated heterocycles. The fourth-order valence-electron chi connectivity index (χ4n) is 2.54. The summed E-state index contributed by atoms with van der Waals surface area (Å²) >= 11 is 0. The average molecular weight is 336 g/mol. The van der Waals surface area contributed by atoms with Crippen LogP contribution in [0.4, 0.5) is 0 Å². The first-order valence-corrected chi connectivity index (χ1v) is 7.85. The summed E-state index contributed by atoms with van der Waals surface area (Å²) in [6, 6.07) is 12.5. The second kappa shape index (κ2) is 7.05. The number of aromatic amines is 1. The van der Waals surface area contributed by atoms with Gasteiger partial charge in [0.15, 0.2) is 0 Å². The van der Waals surface area contributed by atoms with Gasteiger partial charge in [0.25, 0.3) is 11.6 Å². The van der Waals surface area contributed by atoms with E-state index in [0.29, 0.717) is 18.4 Å². The van der Waals surface area contributed by atoms with Crippen molar-refractivity contribution in [3.8, 4) is 6.01 Å². The number of fused-ring (bicyclic) bond motifs is 1. The fraction of sp³-hybridized carbons (Fsp3) is 0.211. The quantitative estimate of drug-likeness (QED) is 0.700. The van der Waals surface area contributed by atoms with E-state index in [-0.39, 0.29) is 17.1 Å². The minimum absolute atomic E-state index is 0.0296. The zero-order chi connectivity index (χ0) is 17.8. The molecule has 1 aromatic carbocycles. The molecule has 0 saturated carbocycles. The molecule has 0 spiro atoms. The van der Waals surface area contributed by atoms with E-state index >= 15 is 0 Å². The second-order valence-electron chi connectivity index (χ2n) is 5.38. The number of hydrogen-bond donors (Lipinski definition) is 1. The minimum atomic E-state index is -0.554. The molecule has 1 atom stereocenters. The molecule has 0 aliphatic carbocycles. The summed E-state index contributed by atoms with van der Waals surface area (Å²) in [4.78, 5) is 30.8. The number of aromatic nitrogens is 2. The van der Waals surface area contributed by atoms with Crippen molar-refractivity contribution in [3.05, 3.63) is 81.0 Å². The standard InChI is InChI=1S/C19H16N2O4/c1-3-8-14(13-9-6-5-7-10-13)24-19-20-17(23)16-12(4-2)11-15(22)25-18(16)21-19/h3,5-6,9,11,14H,1,4,8H2,2H3,(H,20,21,23)/t14-/m1/s1. The van der Waals surface area contributed by atoms with Gasteiger partial charge in [-0.15, -0.1) is 6.58 Å². The van der Waals surface area contributed by atoms with Crippen molar-refractivity contribution >= 4 is 11.1 Å². The SMILES string of the molecule is C=CC[C@@H](Oc1nc2oc(=O)cc(CC)c2c(=O)[nH]1)c1c#cccc1. The Morgan fingerprint density at radius 3 is 3.00 bits per heavy atom. The van der Waals surface area contributed by atoms with E-state index in [1.165, 1.54) is 6.07 Å². The predicted octanol–water partition coefficient (Wildman–Crippen LogP) is 2.74. The van der Waals surface area contributed by atoms with Crippen molar-refractivity contribution < 1.29 is 9.15 Å². The third-order valence-corrected chi connectivity index (χ3v) is 3.71. The molecule has 0 fully saturated rings. The van der Waals surface area contributed by atoms with Gasteiger partial charge in [-0.3, -0.25) is 9.78 Å². The van der Waals surface area contributed by atoms with Crippen LogP contribution in [0.5, 0.6) is 6.01 Å². The maximum absolute atomic E-state index is 12.4. The zero-order valence-electron chi connectivity index (χ0n) is 13.7. The number of rotatable bonds is 6. The van der Waals surface area contributed by atoms with Crippen LogP contribution in [-0.4, -0.2) is 9.97 Å². The first-order valence-electron chi connectivity index (χ1n) is 7.85. The van der Waals surface area contributed by atoms with Crippen molar-refractivity contribution in [2.45, 2.75) is 25.9 Å². The van der Waals surface area contributed by atoms with Crippen LogP contribution in [0.2, 0.25) is 0 Å². The molecule has 0 bridgehead atoms. The Kier molecular flexibility index (Phi) is 4.66. The highest BCUT2D eigenvalue weighted by atomic mass is 16.5. The fourth-order valence-corrected chi connectivity index (χ4v) is 2.54. The largest absolute Gasteiger partial charge is 0.455 e. The van der Waals surface area contributed by atoms with Gasteiger partial charge in [0.2, 0.25) is 5.71 Å². The minimum Gasteiger partial charge on any atom is -0.455 e. The maximum atomic E-state index is 12.4. The van der Waals surface area contributed by atoms with E-state index in [4.69, 9.17) is 9.15 Å². The van der Waals surface area contributed by atoms with Crippen LogP contribution in [0.15, 0.2) is 50.9 Å². The molecule has 25 heavy (non-hydrogen) atoms. The van der Waals surface area contributed by atoms with Gasteiger partial charge in [-0.25, -0.2) is 4.79 Å². The highest BCUT2D eigenvalue weighted by molar-refractivity contribution is 5.75. The molecule has 6 nitrogen and oxygen atoms in total. The summed E-state index contributed by atoms with van der Waals surface area (Å²) in [7, 11) is 0. The summed E-state index contributed by atoms with van der Waals surface area (Å²) in [5, 5.41) is 0.259. The zero-order valence-corrected chi connectivity index (χ0v) is 13.7. The van der Waals surface area contributed by atoms with E-state index in [1.807, 2.05) is 19.1 Å². The van der Waals surface area contributed by atoms with E-state index in [9.17, 15) is 9.59 Å². The monoisotopic (exact) mass is 336 g/mol. The predicted molar refractivity (Wildman–Crippen MR) is 92.6 cm³/mol. The summed E-state index contributed by atoms with van der Waals surface area (Å²) in [6.45, 7) is 5.56. The van der Waals surface area contributed by atoms with Crippen LogP contribution in [0.3, 0.4) is 0 Å². The first-order chi connectivity index (χ1) is 12.1. The molecule has 126 valence electrons. The third-order valence-electron chi connectivity index (χ3n) is 3.71. The molecule has 0 amide bonds. The van der Waals surface area contributed by atoms with E-state index in [2.05, 4.69) is 28.7 Å². The summed E-state index contributed by atoms with van der Waals surface area (Å²) in [5.74, 6) is 0. The Labute approximate surface area is 143 Å². The van der Waals surface area contributed by atoms with Gasteiger partial charge in [0.05, 0.1) is 0 Å². The van der Waals surface area contributed by atoms with Gasteiger partial charge in [-0.05, 0) is 24.1 Å². The summed E-state index contributed by atoms with van der Waals surface area (Å²) in [5.41, 5.74) is 0.321. The van der Waals surface area contributed by atoms with Gasteiger partial charge in [-0.2, -0.15) is 4.98 Å². The third kappa shape index (κ3) is 3.45. The van der Waals surface area contributed by atoms with E-state index in [0.717, 1.165) is 5.56 Å². The lowest BCUT2D eigenvalue weighted by atomic mass is 10.1. The van der Waals surface area contributed by atoms with Crippen molar-refractivity contribution in [1.82, 2.24) is 9.97 Å². The van der Waals surface area contributed by atoms with Crippen molar-refractivity contribution in [3.63, 3.8) is 0 Å². The van der Waals surface area contributed by atoms with Crippen LogP contribution < -0.4 is 15.9 Å². The molecule has 0 unspecified atom stereocenters. The molecular weight excluding hydrogens is 320 g/mol. The van der Waals surface area contributed by atoms with Crippen molar-refractivity contribution in [2.75, 3.05) is 0 Å². The summed E-state index contributed by atoms with van der Waals surface area (Å²) < 4.78 is 10.9. The Morgan fingerprint density at radius 2 is 2.32 bits per heavy atom. The first kappa shape index (κ1) is 16.5. The number of ether oxygens (including phenoxy) is 1. The number of nitrogens with zero attached hydrogens (tertiary/aromatic N) is 1. The lowest BCUT2D eigenvalue weighted by molar-refractivity contribution is 0.190. The molecule has 2 aromatic heterocycles. The highest BCUT2D eigenvalue weighted by Gasteiger charge is 2.16. The van der Waals surface area contributed by atoms with Crippen LogP contribution in [0.25, 0.3) is 11.1 Å². The highest BCUT2D eigenvalue weighted by Crippen LogP contribution is 2.22. The van der Waals surface area contributed by atoms with Gasteiger partial charge in [0.1, 0.15) is 11.5 Å². The Hall–Kier alpha value is -3.33. The smallest absolute Gasteiger partial charge is 0.337 e. The van der Waals surface area contributed by atoms with Crippen LogP contribution in [0.1, 0.15) is 30.6 Å². The molecule has 6 heteroatoms. The summed E-state index contributed by atoms with van der Waals surface area (Å²) in [6.07, 6.45) is 2.24. The molecule has 0 aliphatic rings. The molecule has 3 rings (SSSR count). The van der Waals surface area contributed by atoms with Crippen LogP contribution in [-0.2, 0) is 6.42 Å².